The lowest BCUT2D eigenvalue weighted by Gasteiger charge is -2.31. The first-order valence-electron chi connectivity index (χ1n) is 6.89. The van der Waals surface area contributed by atoms with Crippen molar-refractivity contribution in [3.05, 3.63) is 0 Å². The Balaban J connectivity index is 2.15. The molecule has 3 N–H and O–H groups in total. The molecule has 1 aliphatic heterocycles. The molecule has 0 aromatic rings. The number of carboxylic acid groups (broad SMARTS) is 1. The van der Waals surface area contributed by atoms with E-state index in [1.807, 2.05) is 13.8 Å². The predicted molar refractivity (Wildman–Crippen MR) is 74.7 cm³/mol. The zero-order valence-electron chi connectivity index (χ0n) is 11.4. The average Bonchev–Trinajstić information content (AvgIpc) is 3.14. The Morgan fingerprint density at radius 1 is 1.47 bits per heavy atom. The molecule has 2 aliphatic rings. The van der Waals surface area contributed by atoms with Gasteiger partial charge < -0.3 is 15.7 Å². The van der Waals surface area contributed by atoms with E-state index in [9.17, 15) is 14.7 Å². The van der Waals surface area contributed by atoms with E-state index in [0.29, 0.717) is 11.7 Å². The number of rotatable bonds is 5. The second kappa shape index (κ2) is 5.71. The summed E-state index contributed by atoms with van der Waals surface area (Å²) in [6.07, 6.45) is 3.00. The summed E-state index contributed by atoms with van der Waals surface area (Å²) in [6, 6.07) is -1.30. The summed E-state index contributed by atoms with van der Waals surface area (Å²) in [7, 11) is 0. The number of nitrogens with zero attached hydrogens (tertiary/aromatic N) is 1. The van der Waals surface area contributed by atoms with Crippen molar-refractivity contribution in [2.24, 2.45) is 17.6 Å². The molecule has 1 heterocycles. The molecule has 0 aromatic carbocycles. The number of hydrogen-bond donors (Lipinski definition) is 2. The highest BCUT2D eigenvalue weighted by Crippen LogP contribution is 2.45. The van der Waals surface area contributed by atoms with Gasteiger partial charge in [-0.3, -0.25) is 4.79 Å². The van der Waals surface area contributed by atoms with Crippen LogP contribution in [0.5, 0.6) is 0 Å². The summed E-state index contributed by atoms with van der Waals surface area (Å²) in [6.45, 7) is 3.93. The first-order chi connectivity index (χ1) is 8.97. The average molecular weight is 286 g/mol. The van der Waals surface area contributed by atoms with Gasteiger partial charge in [0.25, 0.3) is 0 Å². The molecule has 4 atom stereocenters. The minimum Gasteiger partial charge on any atom is -0.480 e. The fraction of sp³-hybridized carbons (Fsp3) is 0.846. The van der Waals surface area contributed by atoms with Gasteiger partial charge in [0, 0.05) is 5.75 Å². The minimum atomic E-state index is -0.916. The van der Waals surface area contributed by atoms with Crippen LogP contribution < -0.4 is 5.73 Å². The summed E-state index contributed by atoms with van der Waals surface area (Å²) in [5, 5.41) is 9.30. The molecular weight excluding hydrogens is 264 g/mol. The molecule has 6 heteroatoms. The van der Waals surface area contributed by atoms with Gasteiger partial charge in [-0.25, -0.2) is 4.79 Å². The van der Waals surface area contributed by atoms with Gasteiger partial charge in [0.1, 0.15) is 6.04 Å². The molecule has 2 fully saturated rings. The number of thioether (sulfide) groups is 1. The van der Waals surface area contributed by atoms with Crippen LogP contribution >= 0.6 is 11.8 Å². The van der Waals surface area contributed by atoms with Crippen molar-refractivity contribution in [1.29, 1.82) is 0 Å². The highest BCUT2D eigenvalue weighted by molar-refractivity contribution is 8.00. The van der Waals surface area contributed by atoms with Gasteiger partial charge in [-0.05, 0) is 24.7 Å². The fourth-order valence-electron chi connectivity index (χ4n) is 2.41. The largest absolute Gasteiger partial charge is 0.480 e. The third-order valence-electron chi connectivity index (χ3n) is 4.14. The lowest BCUT2D eigenvalue weighted by Crippen LogP contribution is -2.54. The summed E-state index contributed by atoms with van der Waals surface area (Å²) in [5.74, 6) is -0.0889. The third-order valence-corrected chi connectivity index (χ3v) is 5.60. The van der Waals surface area contributed by atoms with Gasteiger partial charge in [-0.15, -0.1) is 11.8 Å². The number of carbonyl (C=O) groups is 2. The quantitative estimate of drug-likeness (QED) is 0.791. The zero-order chi connectivity index (χ0) is 14.2. The summed E-state index contributed by atoms with van der Waals surface area (Å²) in [5.41, 5.74) is 6.00. The van der Waals surface area contributed by atoms with Gasteiger partial charge in [-0.1, -0.05) is 20.3 Å². The molecule has 0 aromatic heterocycles. The van der Waals surface area contributed by atoms with Gasteiger partial charge >= 0.3 is 5.97 Å². The number of aliphatic carboxylic acids is 1. The molecule has 1 aliphatic carbocycles. The van der Waals surface area contributed by atoms with E-state index in [1.165, 1.54) is 0 Å². The smallest absolute Gasteiger partial charge is 0.327 e. The molecule has 0 radical (unpaired) electrons. The van der Waals surface area contributed by atoms with Gasteiger partial charge in [0.15, 0.2) is 0 Å². The van der Waals surface area contributed by atoms with Gasteiger partial charge in [0.2, 0.25) is 5.91 Å². The van der Waals surface area contributed by atoms with Gasteiger partial charge in [0.05, 0.1) is 11.4 Å². The molecule has 0 spiro atoms. The molecule has 2 rings (SSSR count). The number of hydrogen-bond acceptors (Lipinski definition) is 4. The van der Waals surface area contributed by atoms with Crippen LogP contribution in [0.2, 0.25) is 0 Å². The van der Waals surface area contributed by atoms with Crippen molar-refractivity contribution in [1.82, 2.24) is 4.90 Å². The number of nitrogens with two attached hydrogens (primary N) is 1. The summed E-state index contributed by atoms with van der Waals surface area (Å²) >= 11 is 1.59. The molecule has 1 amide bonds. The van der Waals surface area contributed by atoms with Crippen molar-refractivity contribution < 1.29 is 14.7 Å². The Bertz CT molecular complexity index is 373. The summed E-state index contributed by atoms with van der Waals surface area (Å²) in [4.78, 5) is 25.4. The topological polar surface area (TPSA) is 83.6 Å². The monoisotopic (exact) mass is 286 g/mol. The Kier molecular flexibility index (Phi) is 4.40. The SMILES string of the molecule is CCC(C)C(N)C(=O)N1C(C(=O)O)CSC1C1CC1. The second-order valence-electron chi connectivity index (χ2n) is 5.57. The van der Waals surface area contributed by atoms with Crippen LogP contribution in [-0.4, -0.2) is 45.1 Å². The standard InChI is InChI=1S/C13H22N2O3S/c1-3-7(2)10(14)11(16)15-9(13(17)18)6-19-12(15)8-4-5-8/h7-10,12H,3-6,14H2,1-2H3,(H,17,18). The second-order valence-corrected chi connectivity index (χ2v) is 6.72. The zero-order valence-corrected chi connectivity index (χ0v) is 12.2. The first-order valence-corrected chi connectivity index (χ1v) is 7.94. The lowest BCUT2D eigenvalue weighted by atomic mass is 9.98. The molecule has 0 bridgehead atoms. The predicted octanol–water partition coefficient (Wildman–Crippen LogP) is 1.12. The number of amides is 1. The minimum absolute atomic E-state index is 0.0173. The third kappa shape index (κ3) is 2.89. The van der Waals surface area contributed by atoms with Crippen molar-refractivity contribution in [3.63, 3.8) is 0 Å². The summed E-state index contributed by atoms with van der Waals surface area (Å²) < 4.78 is 0. The van der Waals surface area contributed by atoms with Crippen LogP contribution in [0.15, 0.2) is 0 Å². The van der Waals surface area contributed by atoms with E-state index in [0.717, 1.165) is 19.3 Å². The van der Waals surface area contributed by atoms with Crippen LogP contribution in [0, 0.1) is 11.8 Å². The van der Waals surface area contributed by atoms with Crippen LogP contribution in [0.3, 0.4) is 0 Å². The van der Waals surface area contributed by atoms with E-state index in [-0.39, 0.29) is 17.2 Å². The lowest BCUT2D eigenvalue weighted by molar-refractivity contribution is -0.150. The van der Waals surface area contributed by atoms with Crippen molar-refractivity contribution in [3.8, 4) is 0 Å². The van der Waals surface area contributed by atoms with Crippen molar-refractivity contribution in [2.75, 3.05) is 5.75 Å². The number of carboxylic acids is 1. The maximum atomic E-state index is 12.5. The Morgan fingerprint density at radius 3 is 2.58 bits per heavy atom. The maximum absolute atomic E-state index is 12.5. The van der Waals surface area contributed by atoms with Crippen LogP contribution in [0.4, 0.5) is 0 Å². The molecule has 4 unspecified atom stereocenters. The normalized spacial score (nSPS) is 30.2. The molecular formula is C13H22N2O3S. The van der Waals surface area contributed by atoms with E-state index in [2.05, 4.69) is 0 Å². The van der Waals surface area contributed by atoms with E-state index in [4.69, 9.17) is 5.73 Å². The molecule has 1 saturated carbocycles. The highest BCUT2D eigenvalue weighted by Gasteiger charge is 2.49. The Labute approximate surface area is 117 Å². The first kappa shape index (κ1) is 14.7. The van der Waals surface area contributed by atoms with Crippen molar-refractivity contribution >= 4 is 23.6 Å². The number of carbonyl (C=O) groups excluding carboxylic acids is 1. The molecule has 1 saturated heterocycles. The molecule has 108 valence electrons. The molecule has 5 nitrogen and oxygen atoms in total. The maximum Gasteiger partial charge on any atom is 0.327 e. The van der Waals surface area contributed by atoms with Crippen LogP contribution in [0.1, 0.15) is 33.1 Å². The van der Waals surface area contributed by atoms with Crippen LogP contribution in [0.25, 0.3) is 0 Å². The molecule has 19 heavy (non-hydrogen) atoms. The fourth-order valence-corrected chi connectivity index (χ4v) is 4.05. The van der Waals surface area contributed by atoms with Gasteiger partial charge in [-0.2, -0.15) is 0 Å². The van der Waals surface area contributed by atoms with E-state index < -0.39 is 18.1 Å². The van der Waals surface area contributed by atoms with Crippen molar-refractivity contribution in [2.45, 2.75) is 50.6 Å². The Hall–Kier alpha value is -0.750. The van der Waals surface area contributed by atoms with E-state index >= 15 is 0 Å². The van der Waals surface area contributed by atoms with Crippen LogP contribution in [-0.2, 0) is 9.59 Å². The highest BCUT2D eigenvalue weighted by atomic mass is 32.2. The Morgan fingerprint density at radius 2 is 2.11 bits per heavy atom. The van der Waals surface area contributed by atoms with E-state index in [1.54, 1.807) is 16.7 Å².